The molecule has 32 heavy (non-hydrogen) atoms. The van der Waals surface area contributed by atoms with Gasteiger partial charge in [-0.25, -0.2) is 13.2 Å². The molecule has 1 aliphatic heterocycles. The molecule has 1 saturated heterocycles. The second-order valence-electron chi connectivity index (χ2n) is 7.72. The molecule has 0 bridgehead atoms. The van der Waals surface area contributed by atoms with E-state index in [1.54, 1.807) is 12.1 Å². The Balaban J connectivity index is 1.43. The predicted molar refractivity (Wildman–Crippen MR) is 114 cm³/mol. The van der Waals surface area contributed by atoms with Gasteiger partial charge >= 0.3 is 12.2 Å². The summed E-state index contributed by atoms with van der Waals surface area (Å²) >= 11 is 0. The Hall–Kier alpha value is -2.85. The van der Waals surface area contributed by atoms with Crippen molar-refractivity contribution >= 4 is 27.0 Å². The molecule has 1 amide bonds. The molecule has 1 aliphatic rings. The van der Waals surface area contributed by atoms with E-state index in [0.29, 0.717) is 29.6 Å². The molecule has 0 unspecified atom stereocenters. The minimum atomic E-state index is -4.45. The highest BCUT2D eigenvalue weighted by molar-refractivity contribution is 7.89. The van der Waals surface area contributed by atoms with Crippen molar-refractivity contribution in [2.45, 2.75) is 36.9 Å². The molecule has 1 N–H and O–H groups in total. The Morgan fingerprint density at radius 3 is 2.31 bits per heavy atom. The fourth-order valence-electron chi connectivity index (χ4n) is 3.79. The van der Waals surface area contributed by atoms with E-state index < -0.39 is 27.8 Å². The highest BCUT2D eigenvalue weighted by atomic mass is 32.2. The number of piperidine rings is 1. The van der Waals surface area contributed by atoms with Crippen LogP contribution in [0.2, 0.25) is 0 Å². The topological polar surface area (TPSA) is 71.4 Å². The number of carbonyl (C=O) groups is 1. The van der Waals surface area contributed by atoms with Crippen LogP contribution in [0.15, 0.2) is 59.6 Å². The molecular weight excluding hydrogens is 443 g/mol. The summed E-state index contributed by atoms with van der Waals surface area (Å²) in [4.78, 5) is 12.7. The van der Waals surface area contributed by atoms with Crippen molar-refractivity contribution in [1.29, 1.82) is 0 Å². The number of alkyl halides is 3. The standard InChI is InChI=1S/C22H22F3N3O3S/c23-22(24,25)18-6-9-20-17(14-18)10-13-28(20)21(29)26-15-16-4-7-19(8-5-16)32(30,31)27-11-2-1-3-12-27/h4-10,13-14H,1-3,11-12,15H2,(H,26,29). The summed E-state index contributed by atoms with van der Waals surface area (Å²) in [6.45, 7) is 1.19. The van der Waals surface area contributed by atoms with Crippen LogP contribution in [0.3, 0.4) is 0 Å². The third kappa shape index (κ3) is 4.51. The van der Waals surface area contributed by atoms with E-state index in [-0.39, 0.29) is 11.4 Å². The molecule has 170 valence electrons. The minimum Gasteiger partial charge on any atom is -0.333 e. The molecule has 1 aromatic heterocycles. The zero-order valence-electron chi connectivity index (χ0n) is 17.1. The van der Waals surface area contributed by atoms with Crippen LogP contribution >= 0.6 is 0 Å². The summed E-state index contributed by atoms with van der Waals surface area (Å²) in [5.74, 6) is 0. The van der Waals surface area contributed by atoms with E-state index in [1.165, 1.54) is 39.3 Å². The monoisotopic (exact) mass is 465 g/mol. The number of aromatic nitrogens is 1. The van der Waals surface area contributed by atoms with E-state index in [9.17, 15) is 26.4 Å². The van der Waals surface area contributed by atoms with Gasteiger partial charge in [0.1, 0.15) is 0 Å². The van der Waals surface area contributed by atoms with Gasteiger partial charge in [-0.3, -0.25) is 4.57 Å². The maximum Gasteiger partial charge on any atom is 0.416 e. The summed E-state index contributed by atoms with van der Waals surface area (Å²) in [5, 5.41) is 3.01. The largest absolute Gasteiger partial charge is 0.416 e. The van der Waals surface area contributed by atoms with Crippen molar-refractivity contribution in [3.63, 3.8) is 0 Å². The molecule has 4 rings (SSSR count). The third-order valence-corrected chi connectivity index (χ3v) is 7.47. The minimum absolute atomic E-state index is 0.142. The average Bonchev–Trinajstić information content (AvgIpc) is 3.21. The van der Waals surface area contributed by atoms with Crippen LogP contribution in [0.25, 0.3) is 10.9 Å². The van der Waals surface area contributed by atoms with Crippen molar-refractivity contribution in [2.75, 3.05) is 13.1 Å². The third-order valence-electron chi connectivity index (χ3n) is 5.56. The molecular formula is C22H22F3N3O3S. The Bertz CT molecular complexity index is 1230. The van der Waals surface area contributed by atoms with Crippen molar-refractivity contribution in [3.8, 4) is 0 Å². The number of sulfonamides is 1. The lowest BCUT2D eigenvalue weighted by Gasteiger charge is -2.25. The van der Waals surface area contributed by atoms with Gasteiger partial charge in [0.2, 0.25) is 10.0 Å². The lowest BCUT2D eigenvalue weighted by molar-refractivity contribution is -0.137. The number of nitrogens with one attached hydrogen (secondary N) is 1. The van der Waals surface area contributed by atoms with Crippen LogP contribution < -0.4 is 5.32 Å². The molecule has 0 atom stereocenters. The number of rotatable bonds is 4. The molecule has 2 aromatic carbocycles. The van der Waals surface area contributed by atoms with Gasteiger partial charge in [-0.05, 0) is 54.8 Å². The van der Waals surface area contributed by atoms with Gasteiger partial charge in [-0.2, -0.15) is 17.5 Å². The van der Waals surface area contributed by atoms with Gasteiger partial charge in [0.15, 0.2) is 0 Å². The Morgan fingerprint density at radius 2 is 1.66 bits per heavy atom. The van der Waals surface area contributed by atoms with E-state index in [2.05, 4.69) is 5.32 Å². The first-order valence-corrected chi connectivity index (χ1v) is 11.7. The number of amides is 1. The van der Waals surface area contributed by atoms with Crippen LogP contribution in [0, 0.1) is 0 Å². The SMILES string of the molecule is O=C(NCc1ccc(S(=O)(=O)N2CCCCC2)cc1)n1ccc2cc(C(F)(F)F)ccc21. The number of nitrogens with zero attached hydrogens (tertiary/aromatic N) is 2. The summed E-state index contributed by atoms with van der Waals surface area (Å²) < 4.78 is 66.8. The number of hydrogen-bond acceptors (Lipinski definition) is 3. The zero-order valence-corrected chi connectivity index (χ0v) is 17.9. The molecule has 0 saturated carbocycles. The first kappa shape index (κ1) is 22.3. The van der Waals surface area contributed by atoms with Crippen LogP contribution in [0.1, 0.15) is 30.4 Å². The van der Waals surface area contributed by atoms with Gasteiger partial charge in [0, 0.05) is 31.2 Å². The number of benzene rings is 2. The van der Waals surface area contributed by atoms with Crippen molar-refractivity contribution in [2.24, 2.45) is 0 Å². The van der Waals surface area contributed by atoms with Gasteiger partial charge in [0.05, 0.1) is 16.0 Å². The molecule has 6 nitrogen and oxygen atoms in total. The lowest BCUT2D eigenvalue weighted by Crippen LogP contribution is -2.35. The molecule has 3 aromatic rings. The number of fused-ring (bicyclic) bond motifs is 1. The molecule has 0 aliphatic carbocycles. The highest BCUT2D eigenvalue weighted by Gasteiger charge is 2.30. The van der Waals surface area contributed by atoms with Crippen LogP contribution in [0.4, 0.5) is 18.0 Å². The van der Waals surface area contributed by atoms with Crippen molar-refractivity contribution < 1.29 is 26.4 Å². The Kier molecular flexibility index (Phi) is 6.00. The average molecular weight is 465 g/mol. The van der Waals surface area contributed by atoms with Gasteiger partial charge < -0.3 is 5.32 Å². The maximum atomic E-state index is 12.9. The highest BCUT2D eigenvalue weighted by Crippen LogP contribution is 2.31. The second kappa shape index (κ2) is 8.59. The molecule has 0 spiro atoms. The van der Waals surface area contributed by atoms with Crippen LogP contribution in [0.5, 0.6) is 0 Å². The summed E-state index contributed by atoms with van der Waals surface area (Å²) in [6.07, 6.45) is -0.296. The van der Waals surface area contributed by atoms with E-state index in [4.69, 9.17) is 0 Å². The smallest absolute Gasteiger partial charge is 0.333 e. The van der Waals surface area contributed by atoms with Crippen LogP contribution in [-0.4, -0.2) is 36.4 Å². The molecule has 1 fully saturated rings. The predicted octanol–water partition coefficient (Wildman–Crippen LogP) is 4.59. The maximum absolute atomic E-state index is 12.9. The van der Waals surface area contributed by atoms with Gasteiger partial charge in [-0.1, -0.05) is 18.6 Å². The van der Waals surface area contributed by atoms with E-state index in [0.717, 1.165) is 31.4 Å². The second-order valence-corrected chi connectivity index (χ2v) is 9.66. The fraction of sp³-hybridized carbons (Fsp3) is 0.318. The molecule has 10 heteroatoms. The molecule has 2 heterocycles. The lowest BCUT2D eigenvalue weighted by atomic mass is 10.1. The van der Waals surface area contributed by atoms with Crippen molar-refractivity contribution in [3.05, 3.63) is 65.9 Å². The summed E-state index contributed by atoms with van der Waals surface area (Å²) in [6, 6.07) is 10.5. The quantitative estimate of drug-likeness (QED) is 0.613. The number of halogens is 3. The van der Waals surface area contributed by atoms with Crippen molar-refractivity contribution in [1.82, 2.24) is 14.2 Å². The Morgan fingerprint density at radius 1 is 0.969 bits per heavy atom. The zero-order chi connectivity index (χ0) is 22.9. The first-order chi connectivity index (χ1) is 15.2. The van der Waals surface area contributed by atoms with Gasteiger partial charge in [0.25, 0.3) is 0 Å². The summed E-state index contributed by atoms with van der Waals surface area (Å²) in [7, 11) is -3.52. The van der Waals surface area contributed by atoms with E-state index >= 15 is 0 Å². The molecule has 0 radical (unpaired) electrons. The van der Waals surface area contributed by atoms with Gasteiger partial charge in [-0.15, -0.1) is 0 Å². The normalized spacial score (nSPS) is 15.7. The van der Waals surface area contributed by atoms with E-state index in [1.807, 2.05) is 0 Å². The first-order valence-electron chi connectivity index (χ1n) is 10.2. The van der Waals surface area contributed by atoms with Crippen LogP contribution in [-0.2, 0) is 22.7 Å². The number of hydrogen-bond donors (Lipinski definition) is 1. The summed E-state index contributed by atoms with van der Waals surface area (Å²) in [5.41, 5.74) is 0.285. The number of carbonyl (C=O) groups excluding carboxylic acids is 1. The Labute approximate surface area is 183 Å². The fourth-order valence-corrected chi connectivity index (χ4v) is 5.31.